The van der Waals surface area contributed by atoms with Crippen LogP contribution in [-0.4, -0.2) is 79.8 Å². The highest BCUT2D eigenvalue weighted by molar-refractivity contribution is 5.89. The Morgan fingerprint density at radius 1 is 0.906 bits per heavy atom. The van der Waals surface area contributed by atoms with Crippen molar-refractivity contribution in [2.45, 2.75) is 50.5 Å². The highest BCUT2D eigenvalue weighted by Crippen LogP contribution is 2.47. The van der Waals surface area contributed by atoms with Crippen LogP contribution in [0.4, 0.5) is 39.4 Å². The van der Waals surface area contributed by atoms with E-state index in [-0.39, 0.29) is 12.1 Å². The van der Waals surface area contributed by atoms with Gasteiger partial charge in [-0.15, -0.1) is 5.10 Å². The third-order valence-corrected chi connectivity index (χ3v) is 9.44. The van der Waals surface area contributed by atoms with Crippen LogP contribution in [0, 0.1) is 11.6 Å². The van der Waals surface area contributed by atoms with E-state index in [0.717, 1.165) is 72.3 Å². The number of rotatable bonds is 12. The molecule has 3 unspecified atom stereocenters. The molecule has 3 atom stereocenters. The van der Waals surface area contributed by atoms with Crippen molar-refractivity contribution in [2.24, 2.45) is 0 Å². The molecule has 3 heterocycles. The van der Waals surface area contributed by atoms with Crippen LogP contribution in [0.5, 0.6) is 0 Å². The molecule has 0 aliphatic carbocycles. The van der Waals surface area contributed by atoms with Crippen molar-refractivity contribution in [3.05, 3.63) is 114 Å². The number of urea groups is 1. The summed E-state index contributed by atoms with van der Waals surface area (Å²) < 4.78 is 61.6. The molecule has 278 valence electrons. The Morgan fingerprint density at radius 3 is 2.06 bits per heavy atom. The van der Waals surface area contributed by atoms with Gasteiger partial charge in [-0.2, -0.15) is 8.78 Å². The second-order valence-corrected chi connectivity index (χ2v) is 12.9. The minimum absolute atomic E-state index is 0.332. The summed E-state index contributed by atoms with van der Waals surface area (Å²) in [4.78, 5) is 20.8. The third kappa shape index (κ3) is 8.08. The summed E-state index contributed by atoms with van der Waals surface area (Å²) in [5, 5.41) is 37.1. The molecule has 6 rings (SSSR count). The van der Waals surface area contributed by atoms with Crippen molar-refractivity contribution in [1.82, 2.24) is 30.5 Å². The maximum Gasteiger partial charge on any atom is 0.323 e. The number of piperazine rings is 1. The highest BCUT2D eigenvalue weighted by atomic mass is 19.3. The number of hydrogen-bond donors (Lipinski definition) is 4. The Bertz CT molecular complexity index is 1970. The smallest absolute Gasteiger partial charge is 0.323 e. The second-order valence-electron chi connectivity index (χ2n) is 12.9. The van der Waals surface area contributed by atoms with Gasteiger partial charge in [-0.1, -0.05) is 25.1 Å². The van der Waals surface area contributed by atoms with Crippen LogP contribution in [0.3, 0.4) is 0 Å². The number of carbonyl (C=O) groups is 1. The molecule has 1 fully saturated rings. The number of halogens is 4. The van der Waals surface area contributed by atoms with Crippen LogP contribution in [0.25, 0.3) is 11.1 Å². The molecule has 1 aliphatic heterocycles. The van der Waals surface area contributed by atoms with Crippen LogP contribution < -0.4 is 20.4 Å². The molecule has 4 N–H and O–H groups in total. The molecular formula is C37H39F4N9O3. The zero-order valence-electron chi connectivity index (χ0n) is 29.0. The zero-order chi connectivity index (χ0) is 37.8. The molecule has 53 heavy (non-hydrogen) atoms. The van der Waals surface area contributed by atoms with Crippen molar-refractivity contribution < 1.29 is 32.6 Å². The Morgan fingerprint density at radius 2 is 1.53 bits per heavy atom. The number of nitrogens with zero attached hydrogens (tertiary/aromatic N) is 7. The summed E-state index contributed by atoms with van der Waals surface area (Å²) >= 11 is 0. The average Bonchev–Trinajstić information content (AvgIpc) is 3.67. The Balaban J connectivity index is 1.08. The number of carbonyl (C=O) groups excluding carboxylic acids is 1. The van der Waals surface area contributed by atoms with E-state index in [2.05, 4.69) is 40.9 Å². The van der Waals surface area contributed by atoms with Crippen LogP contribution in [0.1, 0.15) is 31.5 Å². The van der Waals surface area contributed by atoms with Gasteiger partial charge in [0.15, 0.2) is 5.60 Å². The molecule has 16 heteroatoms. The van der Waals surface area contributed by atoms with Crippen molar-refractivity contribution in [3.63, 3.8) is 0 Å². The lowest BCUT2D eigenvalue weighted by Crippen LogP contribution is -2.48. The van der Waals surface area contributed by atoms with Gasteiger partial charge in [0, 0.05) is 66.6 Å². The van der Waals surface area contributed by atoms with Gasteiger partial charge >= 0.3 is 12.0 Å². The number of nitrogens with one attached hydrogen (secondary N) is 2. The normalized spacial score (nSPS) is 15.8. The van der Waals surface area contributed by atoms with E-state index >= 15 is 8.78 Å². The average molecular weight is 734 g/mol. The fourth-order valence-electron chi connectivity index (χ4n) is 6.37. The van der Waals surface area contributed by atoms with Gasteiger partial charge in [0.25, 0.3) is 0 Å². The molecule has 2 aromatic heterocycles. The fraction of sp³-hybridized carbons (Fsp3) is 0.324. The van der Waals surface area contributed by atoms with Gasteiger partial charge in [-0.25, -0.2) is 18.3 Å². The molecule has 1 aliphatic rings. The van der Waals surface area contributed by atoms with E-state index in [1.54, 1.807) is 6.92 Å². The van der Waals surface area contributed by atoms with Crippen LogP contribution in [-0.2, 0) is 18.1 Å². The van der Waals surface area contributed by atoms with E-state index < -0.39 is 47.1 Å². The van der Waals surface area contributed by atoms with E-state index in [9.17, 15) is 23.8 Å². The molecule has 3 aromatic carbocycles. The molecule has 0 bridgehead atoms. The maximum absolute atomic E-state index is 16.1. The van der Waals surface area contributed by atoms with Gasteiger partial charge in [-0.05, 0) is 83.9 Å². The first-order chi connectivity index (χ1) is 25.4. The number of amides is 2. The summed E-state index contributed by atoms with van der Waals surface area (Å²) in [6, 6.07) is 19.0. The molecular weight excluding hydrogens is 694 g/mol. The second kappa shape index (κ2) is 15.6. The van der Waals surface area contributed by atoms with Crippen molar-refractivity contribution >= 4 is 23.1 Å². The molecule has 0 radical (unpaired) electrons. The summed E-state index contributed by atoms with van der Waals surface area (Å²) in [5.74, 6) is -6.51. The van der Waals surface area contributed by atoms with Crippen molar-refractivity contribution in [3.8, 4) is 11.1 Å². The van der Waals surface area contributed by atoms with Crippen molar-refractivity contribution in [2.75, 3.05) is 41.3 Å². The largest absolute Gasteiger partial charge is 0.391 e. The lowest BCUT2D eigenvalue weighted by Gasteiger charge is -2.37. The van der Waals surface area contributed by atoms with Crippen LogP contribution in [0.2, 0.25) is 0 Å². The summed E-state index contributed by atoms with van der Waals surface area (Å²) in [6.45, 7) is 5.64. The topological polar surface area (TPSA) is 145 Å². The summed E-state index contributed by atoms with van der Waals surface area (Å²) in [7, 11) is 0. The maximum atomic E-state index is 16.1. The van der Waals surface area contributed by atoms with E-state index in [4.69, 9.17) is 0 Å². The lowest BCUT2D eigenvalue weighted by molar-refractivity contribution is -0.207. The number of hydrogen-bond acceptors (Lipinski definition) is 9. The molecule has 0 saturated carbocycles. The van der Waals surface area contributed by atoms with Crippen LogP contribution >= 0.6 is 0 Å². The summed E-state index contributed by atoms with van der Waals surface area (Å²) in [5.41, 5.74) is -0.962. The number of aliphatic hydroxyl groups excluding tert-OH is 1. The molecule has 12 nitrogen and oxygen atoms in total. The Kier molecular flexibility index (Phi) is 10.9. The van der Waals surface area contributed by atoms with E-state index in [1.807, 2.05) is 55.5 Å². The molecule has 1 saturated heterocycles. The minimum atomic E-state index is -4.16. The van der Waals surface area contributed by atoms with Gasteiger partial charge in [0.1, 0.15) is 23.7 Å². The predicted molar refractivity (Wildman–Crippen MR) is 190 cm³/mol. The number of aliphatic hydroxyl groups is 2. The number of benzene rings is 3. The predicted octanol–water partition coefficient (Wildman–Crippen LogP) is 5.30. The highest BCUT2D eigenvalue weighted by Gasteiger charge is 2.58. The number of alkyl halides is 2. The first-order valence-electron chi connectivity index (χ1n) is 17.1. The fourth-order valence-corrected chi connectivity index (χ4v) is 6.37. The van der Waals surface area contributed by atoms with Crippen molar-refractivity contribution in [1.29, 1.82) is 0 Å². The number of anilines is 3. The quantitative estimate of drug-likeness (QED) is 0.126. The first kappa shape index (κ1) is 37.2. The van der Waals surface area contributed by atoms with Gasteiger partial charge in [0.05, 0.1) is 18.7 Å². The van der Waals surface area contributed by atoms with Gasteiger partial charge < -0.3 is 30.6 Å². The monoisotopic (exact) mass is 733 g/mol. The van der Waals surface area contributed by atoms with Crippen LogP contribution in [0.15, 0.2) is 91.4 Å². The van der Waals surface area contributed by atoms with E-state index in [0.29, 0.717) is 23.7 Å². The third-order valence-electron chi connectivity index (χ3n) is 9.44. The molecule has 2 amide bonds. The number of aromatic nitrogens is 5. The number of pyridine rings is 1. The first-order valence-corrected chi connectivity index (χ1v) is 17.1. The minimum Gasteiger partial charge on any atom is -0.391 e. The zero-order valence-corrected chi connectivity index (χ0v) is 29.0. The Hall–Kier alpha value is -5.61. The number of tetrazole rings is 1. The lowest BCUT2D eigenvalue weighted by atomic mass is 9.84. The van der Waals surface area contributed by atoms with Gasteiger partial charge in [0.2, 0.25) is 0 Å². The standard InChI is InChI=1S/C37H39F4N9O3/c1-3-33(24(2)51)45-35(52)44-28-8-12-30(13-9-28)49-18-16-48(17-19-49)29-10-4-25(5-11-29)26-6-15-34(42-21-26)37(40,41)36(53,22-50-23-43-46-47-50)31-14-7-27(38)20-32(31)39/h4-15,20-21,23-24,33,51,53H,3,16-19,22H2,1-2H3,(H2,44,45,52). The molecule has 0 spiro atoms. The molecule has 5 aromatic rings. The van der Waals surface area contributed by atoms with E-state index in [1.165, 1.54) is 12.3 Å². The Labute approximate surface area is 303 Å². The summed E-state index contributed by atoms with van der Waals surface area (Å²) in [6.07, 6.45) is 2.20. The SMILES string of the molecule is CCC(NC(=O)Nc1ccc(N2CCN(c3ccc(-c4ccc(C(F)(F)C(O)(Cn5cnnn5)c5ccc(F)cc5F)nc4)cc3)CC2)cc1)C(C)O. The van der Waals surface area contributed by atoms with Gasteiger partial charge in [-0.3, -0.25) is 4.98 Å².